The van der Waals surface area contributed by atoms with Gasteiger partial charge >= 0.3 is 0 Å². The minimum absolute atomic E-state index is 0.103. The number of hydrogen-bond donors (Lipinski definition) is 2. The molecule has 1 unspecified atom stereocenters. The predicted octanol–water partition coefficient (Wildman–Crippen LogP) is 6.42. The number of carbonyl (C=O) groups is 1. The lowest BCUT2D eigenvalue weighted by molar-refractivity contribution is 0.0952. The average molecular weight is 558 g/mol. The van der Waals surface area contributed by atoms with E-state index in [4.69, 9.17) is 39.8 Å². The number of imidazole rings is 1. The summed E-state index contributed by atoms with van der Waals surface area (Å²) >= 11 is 19.1. The van der Waals surface area contributed by atoms with Crippen LogP contribution in [0.3, 0.4) is 0 Å². The van der Waals surface area contributed by atoms with Crippen LogP contribution >= 0.6 is 34.8 Å². The number of hydrogen-bond acceptors (Lipinski definition) is 4. The van der Waals surface area contributed by atoms with E-state index in [-0.39, 0.29) is 22.2 Å². The molecule has 37 heavy (non-hydrogen) atoms. The number of aromatic nitrogens is 5. The number of H-pyrrole nitrogens is 1. The lowest BCUT2D eigenvalue weighted by Gasteiger charge is -2.17. The van der Waals surface area contributed by atoms with E-state index >= 15 is 0 Å². The maximum Gasteiger partial charge on any atom is 0.254 e. The highest BCUT2D eigenvalue weighted by molar-refractivity contribution is 6.40. The topological polar surface area (TPSA) is 88.5 Å². The molecule has 2 heterocycles. The van der Waals surface area contributed by atoms with Crippen molar-refractivity contribution in [2.24, 2.45) is 0 Å². The Bertz CT molecular complexity index is 1620. The lowest BCUT2D eigenvalue weighted by Crippen LogP contribution is -2.30. The van der Waals surface area contributed by atoms with Crippen LogP contribution in [-0.2, 0) is 0 Å². The second-order valence-corrected chi connectivity index (χ2v) is 9.83. The molecule has 1 amide bonds. The SMILES string of the molecule is Cc1ncn(-c2cc(Cl)c(C(=O)NCC(c3cccc(F)c3)c3nc4c(C)cc(Cl)cc4[nH]3)c(Cl)c2)n1. The van der Waals surface area contributed by atoms with E-state index in [1.54, 1.807) is 37.3 Å². The Kier molecular flexibility index (Phi) is 6.90. The minimum atomic E-state index is -0.486. The summed E-state index contributed by atoms with van der Waals surface area (Å²) in [6, 6.07) is 12.9. The molecule has 7 nitrogen and oxygen atoms in total. The molecular formula is C26H20Cl3FN6O. The summed E-state index contributed by atoms with van der Waals surface area (Å²) < 4.78 is 15.7. The second kappa shape index (κ2) is 10.1. The highest BCUT2D eigenvalue weighted by Crippen LogP contribution is 2.30. The van der Waals surface area contributed by atoms with Crippen LogP contribution in [0.2, 0.25) is 15.1 Å². The van der Waals surface area contributed by atoms with Crippen molar-refractivity contribution in [1.29, 1.82) is 0 Å². The van der Waals surface area contributed by atoms with Gasteiger partial charge in [0.15, 0.2) is 0 Å². The molecule has 188 valence electrons. The first-order valence-electron chi connectivity index (χ1n) is 11.3. The fourth-order valence-electron chi connectivity index (χ4n) is 4.19. The molecule has 0 aliphatic carbocycles. The molecule has 11 heteroatoms. The fraction of sp³-hybridized carbons (Fsp3) is 0.154. The predicted molar refractivity (Wildman–Crippen MR) is 143 cm³/mol. The quantitative estimate of drug-likeness (QED) is 0.252. The van der Waals surface area contributed by atoms with Gasteiger partial charge in [-0.05, 0) is 61.4 Å². The number of carbonyl (C=O) groups excluding carboxylic acids is 1. The molecule has 2 aromatic heterocycles. The van der Waals surface area contributed by atoms with Crippen LogP contribution in [0.4, 0.5) is 4.39 Å². The number of fused-ring (bicyclic) bond motifs is 1. The van der Waals surface area contributed by atoms with Crippen molar-refractivity contribution in [1.82, 2.24) is 30.0 Å². The van der Waals surface area contributed by atoms with E-state index in [1.165, 1.54) is 23.1 Å². The third-order valence-corrected chi connectivity index (χ3v) is 6.75. The lowest BCUT2D eigenvalue weighted by atomic mass is 9.98. The summed E-state index contributed by atoms with van der Waals surface area (Å²) in [6.07, 6.45) is 1.53. The summed E-state index contributed by atoms with van der Waals surface area (Å²) in [5, 5.41) is 8.01. The van der Waals surface area contributed by atoms with Gasteiger partial charge in [-0.15, -0.1) is 0 Å². The maximum absolute atomic E-state index is 14.1. The largest absolute Gasteiger partial charge is 0.351 e. The third-order valence-electron chi connectivity index (χ3n) is 5.93. The number of benzene rings is 3. The van der Waals surface area contributed by atoms with Gasteiger partial charge in [0.1, 0.15) is 23.8 Å². The number of amides is 1. The Hall–Kier alpha value is -3.46. The van der Waals surface area contributed by atoms with Crippen LogP contribution in [0.1, 0.15) is 39.1 Å². The Morgan fingerprint density at radius 3 is 2.54 bits per heavy atom. The zero-order chi connectivity index (χ0) is 26.3. The van der Waals surface area contributed by atoms with Gasteiger partial charge in [0.2, 0.25) is 0 Å². The number of nitrogens with one attached hydrogen (secondary N) is 2. The van der Waals surface area contributed by atoms with Crippen LogP contribution < -0.4 is 5.32 Å². The highest BCUT2D eigenvalue weighted by atomic mass is 35.5. The molecule has 0 saturated carbocycles. The molecule has 1 atom stereocenters. The summed E-state index contributed by atoms with van der Waals surface area (Å²) in [6.45, 7) is 3.77. The first-order chi connectivity index (χ1) is 17.7. The second-order valence-electron chi connectivity index (χ2n) is 8.58. The molecule has 0 fully saturated rings. The molecule has 0 aliphatic heterocycles. The number of rotatable bonds is 6. The molecule has 5 rings (SSSR count). The van der Waals surface area contributed by atoms with Gasteiger partial charge in [-0.3, -0.25) is 4.79 Å². The van der Waals surface area contributed by atoms with Crippen LogP contribution in [-0.4, -0.2) is 37.2 Å². The van der Waals surface area contributed by atoms with Crippen LogP contribution in [0, 0.1) is 19.7 Å². The Morgan fingerprint density at radius 1 is 1.11 bits per heavy atom. The van der Waals surface area contributed by atoms with Crippen LogP contribution in [0.15, 0.2) is 54.9 Å². The average Bonchev–Trinajstić information content (AvgIpc) is 3.45. The number of nitrogens with zero attached hydrogens (tertiary/aromatic N) is 4. The maximum atomic E-state index is 14.1. The zero-order valence-corrected chi connectivity index (χ0v) is 22.0. The van der Waals surface area contributed by atoms with Crippen molar-refractivity contribution in [3.8, 4) is 5.69 Å². The summed E-state index contributed by atoms with van der Waals surface area (Å²) in [4.78, 5) is 25.3. The Balaban J connectivity index is 1.46. The molecule has 0 bridgehead atoms. The van der Waals surface area contributed by atoms with Gasteiger partial charge in [0, 0.05) is 11.6 Å². The number of aromatic amines is 1. The van der Waals surface area contributed by atoms with Crippen molar-refractivity contribution in [3.05, 3.63) is 104 Å². The molecule has 2 N–H and O–H groups in total. The summed E-state index contributed by atoms with van der Waals surface area (Å²) in [5.41, 5.74) is 3.72. The smallest absolute Gasteiger partial charge is 0.254 e. The van der Waals surface area contributed by atoms with Crippen molar-refractivity contribution in [3.63, 3.8) is 0 Å². The van der Waals surface area contributed by atoms with Gasteiger partial charge in [-0.25, -0.2) is 19.0 Å². The van der Waals surface area contributed by atoms with Crippen LogP contribution in [0.5, 0.6) is 0 Å². The van der Waals surface area contributed by atoms with E-state index in [9.17, 15) is 9.18 Å². The fourth-order valence-corrected chi connectivity index (χ4v) is 5.11. The number of aryl methyl sites for hydroxylation is 2. The molecule has 0 aliphatic rings. The summed E-state index contributed by atoms with van der Waals surface area (Å²) in [5.74, 6) is -0.219. The molecule has 0 saturated heterocycles. The third kappa shape index (κ3) is 5.18. The van der Waals surface area contributed by atoms with E-state index in [0.29, 0.717) is 27.9 Å². The van der Waals surface area contributed by atoms with Crippen molar-refractivity contribution in [2.45, 2.75) is 19.8 Å². The monoisotopic (exact) mass is 556 g/mol. The highest BCUT2D eigenvalue weighted by Gasteiger charge is 2.23. The molecular weight excluding hydrogens is 538 g/mol. The molecule has 3 aromatic carbocycles. The Morgan fingerprint density at radius 2 is 1.86 bits per heavy atom. The summed E-state index contributed by atoms with van der Waals surface area (Å²) in [7, 11) is 0. The van der Waals surface area contributed by atoms with Gasteiger partial charge in [0.05, 0.1) is 38.2 Å². The first-order valence-corrected chi connectivity index (χ1v) is 12.4. The van der Waals surface area contributed by atoms with Gasteiger partial charge in [-0.1, -0.05) is 46.9 Å². The zero-order valence-electron chi connectivity index (χ0n) is 19.7. The standard InChI is InChI=1S/C26H20Cl3FN6O/c1-13-6-16(27)8-22-24(13)34-25(33-22)19(15-4-3-5-17(30)7-15)11-31-26(37)23-20(28)9-18(10-21(23)29)36-12-32-14(2)35-36/h3-10,12,19H,11H2,1-2H3,(H,31,37)(H,33,34). The van der Waals surface area contributed by atoms with E-state index in [0.717, 1.165) is 16.6 Å². The van der Waals surface area contributed by atoms with E-state index in [2.05, 4.69) is 20.4 Å². The van der Waals surface area contributed by atoms with Gasteiger partial charge in [0.25, 0.3) is 5.91 Å². The van der Waals surface area contributed by atoms with Crippen molar-refractivity contribution >= 4 is 51.7 Å². The van der Waals surface area contributed by atoms with Gasteiger partial charge in [-0.2, -0.15) is 5.10 Å². The molecule has 5 aromatic rings. The van der Waals surface area contributed by atoms with Crippen molar-refractivity contribution < 1.29 is 9.18 Å². The van der Waals surface area contributed by atoms with Crippen LogP contribution in [0.25, 0.3) is 16.7 Å². The molecule has 0 spiro atoms. The Labute approximate surface area is 226 Å². The minimum Gasteiger partial charge on any atom is -0.351 e. The van der Waals surface area contributed by atoms with E-state index < -0.39 is 17.6 Å². The first kappa shape index (κ1) is 25.2. The van der Waals surface area contributed by atoms with Gasteiger partial charge < -0.3 is 10.3 Å². The normalized spacial score (nSPS) is 12.2. The molecule has 0 radical (unpaired) electrons. The van der Waals surface area contributed by atoms with Crippen molar-refractivity contribution in [2.75, 3.05) is 6.54 Å². The number of halogens is 4. The van der Waals surface area contributed by atoms with E-state index in [1.807, 2.05) is 13.0 Å².